The highest BCUT2D eigenvalue weighted by Gasteiger charge is 2.28. The number of rotatable bonds is 6. The van der Waals surface area contributed by atoms with E-state index < -0.39 is 17.5 Å². The minimum atomic E-state index is -0.704. The van der Waals surface area contributed by atoms with Crippen LogP contribution in [-0.2, 0) is 0 Å². The molecule has 1 aliphatic rings. The zero-order chi connectivity index (χ0) is 18.0. The number of carbonyl (C=O) groups excluding carboxylic acids is 1. The third-order valence-corrected chi connectivity index (χ3v) is 4.43. The summed E-state index contributed by atoms with van der Waals surface area (Å²) in [6, 6.07) is 8.26. The van der Waals surface area contributed by atoms with Crippen molar-refractivity contribution >= 4 is 18.3 Å². The highest BCUT2D eigenvalue weighted by Crippen LogP contribution is 2.31. The number of halogens is 3. The van der Waals surface area contributed by atoms with Crippen molar-refractivity contribution in [2.45, 2.75) is 18.9 Å². The van der Waals surface area contributed by atoms with Crippen molar-refractivity contribution < 1.29 is 18.3 Å². The van der Waals surface area contributed by atoms with E-state index in [4.69, 9.17) is 10.5 Å². The molecule has 1 amide bonds. The van der Waals surface area contributed by atoms with Crippen LogP contribution in [0.1, 0.15) is 23.2 Å². The molecule has 0 spiro atoms. The molecule has 1 unspecified atom stereocenters. The molecule has 7 heteroatoms. The minimum Gasteiger partial charge on any atom is -0.497 e. The fourth-order valence-corrected chi connectivity index (χ4v) is 2.72. The number of methoxy groups -OCH3 is 1. The van der Waals surface area contributed by atoms with E-state index in [1.54, 1.807) is 6.07 Å². The van der Waals surface area contributed by atoms with Crippen molar-refractivity contribution in [1.82, 2.24) is 5.32 Å². The third-order valence-electron chi connectivity index (χ3n) is 4.43. The van der Waals surface area contributed by atoms with Gasteiger partial charge >= 0.3 is 0 Å². The molecule has 3 rings (SSSR count). The summed E-state index contributed by atoms with van der Waals surface area (Å²) >= 11 is 0. The molecule has 0 bridgehead atoms. The average molecular weight is 383 g/mol. The Hall–Kier alpha value is -2.18. The fourth-order valence-electron chi connectivity index (χ4n) is 2.72. The molecule has 0 saturated heterocycles. The Morgan fingerprint density at radius 3 is 2.54 bits per heavy atom. The van der Waals surface area contributed by atoms with Crippen LogP contribution in [0.2, 0.25) is 0 Å². The van der Waals surface area contributed by atoms with Crippen molar-refractivity contribution in [3.8, 4) is 16.9 Å². The summed E-state index contributed by atoms with van der Waals surface area (Å²) in [5.74, 6) is -0.915. The summed E-state index contributed by atoms with van der Waals surface area (Å²) in [4.78, 5) is 12.1. The molecule has 4 nitrogen and oxygen atoms in total. The summed E-state index contributed by atoms with van der Waals surface area (Å²) in [5, 5.41) is 2.65. The van der Waals surface area contributed by atoms with Gasteiger partial charge in [-0.15, -0.1) is 12.4 Å². The normalized spacial score (nSPS) is 14.3. The van der Waals surface area contributed by atoms with E-state index in [-0.39, 0.29) is 29.6 Å². The van der Waals surface area contributed by atoms with Gasteiger partial charge in [0.15, 0.2) is 0 Å². The molecule has 1 saturated carbocycles. The summed E-state index contributed by atoms with van der Waals surface area (Å²) in [7, 11) is 1.44. The Bertz CT molecular complexity index is 797. The van der Waals surface area contributed by atoms with Gasteiger partial charge in [-0.2, -0.15) is 0 Å². The van der Waals surface area contributed by atoms with Crippen LogP contribution in [0.25, 0.3) is 11.1 Å². The van der Waals surface area contributed by atoms with Crippen molar-refractivity contribution in [2.75, 3.05) is 13.7 Å². The highest BCUT2D eigenvalue weighted by atomic mass is 35.5. The molecule has 0 aromatic heterocycles. The molecular formula is C19H21ClF2N2O2. The highest BCUT2D eigenvalue weighted by molar-refractivity contribution is 5.95. The van der Waals surface area contributed by atoms with E-state index in [1.165, 1.54) is 31.4 Å². The van der Waals surface area contributed by atoms with Crippen LogP contribution < -0.4 is 15.8 Å². The molecule has 0 heterocycles. The first-order valence-electron chi connectivity index (χ1n) is 8.17. The number of nitrogens with one attached hydrogen (secondary N) is 1. The molecule has 2 aromatic rings. The van der Waals surface area contributed by atoms with Gasteiger partial charge in [-0.25, -0.2) is 8.78 Å². The van der Waals surface area contributed by atoms with Gasteiger partial charge in [-0.3, -0.25) is 4.79 Å². The fraction of sp³-hybridized carbons (Fsp3) is 0.316. The largest absolute Gasteiger partial charge is 0.497 e. The van der Waals surface area contributed by atoms with Crippen LogP contribution in [0.4, 0.5) is 8.78 Å². The van der Waals surface area contributed by atoms with Crippen LogP contribution in [0.3, 0.4) is 0 Å². The van der Waals surface area contributed by atoms with Gasteiger partial charge < -0.3 is 15.8 Å². The molecular weight excluding hydrogens is 362 g/mol. The zero-order valence-corrected chi connectivity index (χ0v) is 15.1. The first kappa shape index (κ1) is 20.1. The summed E-state index contributed by atoms with van der Waals surface area (Å²) in [5.41, 5.74) is 6.43. The quantitative estimate of drug-likeness (QED) is 0.803. The van der Waals surface area contributed by atoms with Crippen molar-refractivity contribution in [3.63, 3.8) is 0 Å². The second kappa shape index (κ2) is 8.47. The predicted molar refractivity (Wildman–Crippen MR) is 98.6 cm³/mol. The number of carbonyl (C=O) groups is 1. The average Bonchev–Trinajstić information content (AvgIpc) is 3.44. The molecule has 26 heavy (non-hydrogen) atoms. The number of ether oxygens (including phenoxy) is 1. The molecule has 0 aliphatic heterocycles. The number of hydrogen-bond acceptors (Lipinski definition) is 3. The van der Waals surface area contributed by atoms with Gasteiger partial charge in [0.1, 0.15) is 17.4 Å². The molecule has 1 aliphatic carbocycles. The number of hydrogen-bond donors (Lipinski definition) is 2. The van der Waals surface area contributed by atoms with E-state index in [9.17, 15) is 13.6 Å². The van der Waals surface area contributed by atoms with Gasteiger partial charge in [0.25, 0.3) is 5.91 Å². The van der Waals surface area contributed by atoms with Gasteiger partial charge in [0.05, 0.1) is 12.7 Å². The van der Waals surface area contributed by atoms with Crippen molar-refractivity contribution in [3.05, 3.63) is 53.6 Å². The second-order valence-corrected chi connectivity index (χ2v) is 6.25. The zero-order valence-electron chi connectivity index (χ0n) is 14.3. The Morgan fingerprint density at radius 2 is 1.96 bits per heavy atom. The van der Waals surface area contributed by atoms with Gasteiger partial charge in [0, 0.05) is 24.2 Å². The van der Waals surface area contributed by atoms with Crippen LogP contribution in [0, 0.1) is 17.6 Å². The van der Waals surface area contributed by atoms with E-state index in [1.807, 2.05) is 0 Å². The Kier molecular flexibility index (Phi) is 6.56. The molecule has 140 valence electrons. The molecule has 1 fully saturated rings. The van der Waals surface area contributed by atoms with E-state index in [0.29, 0.717) is 23.8 Å². The second-order valence-electron chi connectivity index (χ2n) is 6.25. The van der Waals surface area contributed by atoms with Crippen molar-refractivity contribution in [2.24, 2.45) is 11.7 Å². The molecule has 0 radical (unpaired) electrons. The molecule has 1 atom stereocenters. The Morgan fingerprint density at radius 1 is 1.23 bits per heavy atom. The summed E-state index contributed by atoms with van der Waals surface area (Å²) < 4.78 is 33.4. The number of amides is 1. The minimum absolute atomic E-state index is 0. The smallest absolute Gasteiger partial charge is 0.254 e. The predicted octanol–water partition coefficient (Wildman–Crippen LogP) is 3.53. The number of benzene rings is 2. The lowest BCUT2D eigenvalue weighted by atomic mass is 10.0. The maximum Gasteiger partial charge on any atom is 0.254 e. The van der Waals surface area contributed by atoms with Gasteiger partial charge in [-0.05, 0) is 48.6 Å². The van der Waals surface area contributed by atoms with Crippen LogP contribution >= 0.6 is 12.4 Å². The lowest BCUT2D eigenvalue weighted by Crippen LogP contribution is -2.38. The first-order chi connectivity index (χ1) is 12.0. The third kappa shape index (κ3) is 4.51. The van der Waals surface area contributed by atoms with E-state index in [2.05, 4.69) is 5.32 Å². The molecule has 2 aromatic carbocycles. The Labute approximate surface area is 157 Å². The monoisotopic (exact) mass is 382 g/mol. The lowest BCUT2D eigenvalue weighted by Gasteiger charge is -2.12. The lowest BCUT2D eigenvalue weighted by molar-refractivity contribution is 0.0946. The maximum absolute atomic E-state index is 14.3. The first-order valence-corrected chi connectivity index (χ1v) is 8.17. The summed E-state index contributed by atoms with van der Waals surface area (Å²) in [6.07, 6.45) is 2.15. The standard InChI is InChI=1S/C19H20F2N2O2.ClH/c1-25-13-5-7-14(17(21)9-13)12-4-6-15(16(20)8-12)19(24)23-10-18(22)11-2-3-11;/h4-9,11,18H,2-3,10,22H2,1H3,(H,23,24);1H. The van der Waals surface area contributed by atoms with Crippen molar-refractivity contribution in [1.29, 1.82) is 0 Å². The van der Waals surface area contributed by atoms with Gasteiger partial charge in [-0.1, -0.05) is 6.07 Å². The van der Waals surface area contributed by atoms with Crippen LogP contribution in [0.15, 0.2) is 36.4 Å². The Balaban J connectivity index is 0.00000243. The van der Waals surface area contributed by atoms with Crippen LogP contribution in [0.5, 0.6) is 5.75 Å². The van der Waals surface area contributed by atoms with Gasteiger partial charge in [0.2, 0.25) is 0 Å². The molecule has 3 N–H and O–H groups in total. The van der Waals surface area contributed by atoms with E-state index in [0.717, 1.165) is 18.9 Å². The number of nitrogens with two attached hydrogens (primary N) is 1. The summed E-state index contributed by atoms with van der Waals surface area (Å²) in [6.45, 7) is 0.317. The van der Waals surface area contributed by atoms with E-state index >= 15 is 0 Å². The topological polar surface area (TPSA) is 64.3 Å². The SMILES string of the molecule is COc1ccc(-c2ccc(C(=O)NCC(N)C3CC3)c(F)c2)c(F)c1.Cl. The van der Waals surface area contributed by atoms with Crippen LogP contribution in [-0.4, -0.2) is 25.6 Å². The maximum atomic E-state index is 14.3.